The van der Waals surface area contributed by atoms with Crippen LogP contribution < -0.4 is 5.73 Å². The monoisotopic (exact) mass is 227 g/mol. The average molecular weight is 227 g/mol. The van der Waals surface area contributed by atoms with Crippen LogP contribution in [0.15, 0.2) is 22.8 Å². The quantitative estimate of drug-likeness (QED) is 0.723. The molecule has 3 heteroatoms. The lowest BCUT2D eigenvalue weighted by Crippen LogP contribution is -2.22. The summed E-state index contributed by atoms with van der Waals surface area (Å²) in [5, 5.41) is 0.303. The van der Waals surface area contributed by atoms with Gasteiger partial charge in [0.15, 0.2) is 0 Å². The highest BCUT2D eigenvalue weighted by molar-refractivity contribution is 7.99. The van der Waals surface area contributed by atoms with Gasteiger partial charge < -0.3 is 10.2 Å². The molecular formula is C12H21NOS. The fourth-order valence-corrected chi connectivity index (χ4v) is 2.74. The lowest BCUT2D eigenvalue weighted by molar-refractivity contribution is 0.486. The molecule has 2 N–H and O–H groups in total. The first-order valence-electron chi connectivity index (χ1n) is 5.66. The van der Waals surface area contributed by atoms with Gasteiger partial charge in [-0.3, -0.25) is 0 Å². The van der Waals surface area contributed by atoms with E-state index in [1.165, 1.54) is 25.0 Å². The molecule has 0 spiro atoms. The summed E-state index contributed by atoms with van der Waals surface area (Å²) < 4.78 is 5.41. The van der Waals surface area contributed by atoms with Crippen LogP contribution in [0, 0.1) is 0 Å². The first-order chi connectivity index (χ1) is 7.25. The number of rotatable bonds is 7. The minimum absolute atomic E-state index is 0.141. The molecule has 1 aromatic rings. The van der Waals surface area contributed by atoms with Crippen molar-refractivity contribution >= 4 is 11.8 Å². The van der Waals surface area contributed by atoms with Crippen LogP contribution in [0.4, 0.5) is 0 Å². The lowest BCUT2D eigenvalue weighted by atomic mass is 10.2. The van der Waals surface area contributed by atoms with Gasteiger partial charge in [0.05, 0.1) is 11.5 Å². The summed E-state index contributed by atoms with van der Waals surface area (Å²) in [5.41, 5.74) is 5.96. The van der Waals surface area contributed by atoms with Crippen LogP contribution in [0.2, 0.25) is 0 Å². The molecule has 2 nitrogen and oxygen atoms in total. The molecule has 0 saturated carbocycles. The SMILES string of the molecule is CCCCCSC(c1ccco1)C(C)N. The Morgan fingerprint density at radius 1 is 1.47 bits per heavy atom. The lowest BCUT2D eigenvalue weighted by Gasteiger charge is -2.17. The molecule has 2 atom stereocenters. The average Bonchev–Trinajstić information content (AvgIpc) is 2.70. The maximum absolute atomic E-state index is 5.96. The molecule has 0 saturated heterocycles. The molecule has 86 valence electrons. The van der Waals surface area contributed by atoms with Gasteiger partial charge in [-0.15, -0.1) is 11.8 Å². The van der Waals surface area contributed by atoms with Crippen molar-refractivity contribution in [1.82, 2.24) is 0 Å². The van der Waals surface area contributed by atoms with E-state index in [1.54, 1.807) is 6.26 Å². The Hall–Kier alpha value is -0.410. The Morgan fingerprint density at radius 2 is 2.27 bits per heavy atom. The van der Waals surface area contributed by atoms with Crippen LogP contribution in [0.1, 0.15) is 44.1 Å². The molecule has 0 aliphatic heterocycles. The van der Waals surface area contributed by atoms with Crippen molar-refractivity contribution in [2.24, 2.45) is 5.73 Å². The van der Waals surface area contributed by atoms with Gasteiger partial charge in [0.1, 0.15) is 5.76 Å². The van der Waals surface area contributed by atoms with Crippen LogP contribution in [-0.2, 0) is 0 Å². The normalized spacial score (nSPS) is 15.1. The third-order valence-corrected chi connectivity index (χ3v) is 3.89. The Morgan fingerprint density at radius 3 is 2.80 bits per heavy atom. The summed E-state index contributed by atoms with van der Waals surface area (Å²) in [7, 11) is 0. The number of furan rings is 1. The molecule has 0 aliphatic carbocycles. The van der Waals surface area contributed by atoms with E-state index in [9.17, 15) is 0 Å². The van der Waals surface area contributed by atoms with Crippen molar-refractivity contribution in [3.05, 3.63) is 24.2 Å². The Kier molecular flexibility index (Phi) is 5.88. The van der Waals surface area contributed by atoms with Crippen LogP contribution in [0.5, 0.6) is 0 Å². The van der Waals surface area contributed by atoms with Gasteiger partial charge in [-0.2, -0.15) is 0 Å². The van der Waals surface area contributed by atoms with E-state index < -0.39 is 0 Å². The van der Waals surface area contributed by atoms with E-state index in [1.807, 2.05) is 30.8 Å². The topological polar surface area (TPSA) is 39.2 Å². The van der Waals surface area contributed by atoms with Crippen molar-refractivity contribution in [3.8, 4) is 0 Å². The highest BCUT2D eigenvalue weighted by atomic mass is 32.2. The van der Waals surface area contributed by atoms with Crippen molar-refractivity contribution in [2.75, 3.05) is 5.75 Å². The van der Waals surface area contributed by atoms with Gasteiger partial charge in [0, 0.05) is 6.04 Å². The van der Waals surface area contributed by atoms with Gasteiger partial charge in [-0.05, 0) is 31.2 Å². The molecule has 0 aliphatic rings. The van der Waals surface area contributed by atoms with Gasteiger partial charge in [-0.1, -0.05) is 19.8 Å². The molecule has 0 bridgehead atoms. The van der Waals surface area contributed by atoms with Gasteiger partial charge in [-0.25, -0.2) is 0 Å². The first-order valence-corrected chi connectivity index (χ1v) is 6.71. The highest BCUT2D eigenvalue weighted by Crippen LogP contribution is 2.32. The largest absolute Gasteiger partial charge is 0.468 e. The summed E-state index contributed by atoms with van der Waals surface area (Å²) in [6.45, 7) is 4.26. The van der Waals surface area contributed by atoms with E-state index in [0.29, 0.717) is 5.25 Å². The molecule has 15 heavy (non-hydrogen) atoms. The number of thioether (sulfide) groups is 1. The Labute approximate surface area is 96.6 Å². The van der Waals surface area contributed by atoms with Crippen LogP contribution in [0.25, 0.3) is 0 Å². The molecule has 1 aromatic heterocycles. The number of unbranched alkanes of at least 4 members (excludes halogenated alkanes) is 2. The van der Waals surface area contributed by atoms with Gasteiger partial charge >= 0.3 is 0 Å². The first kappa shape index (κ1) is 12.7. The fourth-order valence-electron chi connectivity index (χ4n) is 1.51. The fraction of sp³-hybridized carbons (Fsp3) is 0.667. The predicted octanol–water partition coefficient (Wildman–Crippen LogP) is 3.59. The second kappa shape index (κ2) is 6.96. The third-order valence-electron chi connectivity index (χ3n) is 2.35. The van der Waals surface area contributed by atoms with Crippen LogP contribution in [0.3, 0.4) is 0 Å². The number of hydrogen-bond donors (Lipinski definition) is 1. The molecule has 0 aromatic carbocycles. The summed E-state index contributed by atoms with van der Waals surface area (Å²) in [4.78, 5) is 0. The maximum atomic E-state index is 5.96. The Bertz CT molecular complexity index is 246. The second-order valence-corrected chi connectivity index (χ2v) is 5.12. The number of hydrogen-bond acceptors (Lipinski definition) is 3. The van der Waals surface area contributed by atoms with E-state index in [2.05, 4.69) is 6.92 Å². The summed E-state index contributed by atoms with van der Waals surface area (Å²) in [6.07, 6.45) is 5.56. The van der Waals surface area contributed by atoms with E-state index in [-0.39, 0.29) is 6.04 Å². The maximum Gasteiger partial charge on any atom is 0.118 e. The summed E-state index contributed by atoms with van der Waals surface area (Å²) in [6, 6.07) is 4.08. The highest BCUT2D eigenvalue weighted by Gasteiger charge is 2.18. The molecule has 0 amide bonds. The van der Waals surface area contributed by atoms with Crippen molar-refractivity contribution in [2.45, 2.75) is 44.4 Å². The van der Waals surface area contributed by atoms with Gasteiger partial charge in [0.2, 0.25) is 0 Å². The van der Waals surface area contributed by atoms with Crippen molar-refractivity contribution in [3.63, 3.8) is 0 Å². The van der Waals surface area contributed by atoms with E-state index in [0.717, 1.165) is 5.76 Å². The van der Waals surface area contributed by atoms with Crippen LogP contribution >= 0.6 is 11.8 Å². The number of nitrogens with two attached hydrogens (primary N) is 1. The third kappa shape index (κ3) is 4.31. The second-order valence-electron chi connectivity index (χ2n) is 3.87. The van der Waals surface area contributed by atoms with Crippen molar-refractivity contribution in [1.29, 1.82) is 0 Å². The van der Waals surface area contributed by atoms with Crippen molar-refractivity contribution < 1.29 is 4.42 Å². The zero-order valence-corrected chi connectivity index (χ0v) is 10.4. The zero-order chi connectivity index (χ0) is 11.1. The predicted molar refractivity (Wildman–Crippen MR) is 67.1 cm³/mol. The molecule has 0 radical (unpaired) electrons. The van der Waals surface area contributed by atoms with Crippen LogP contribution in [-0.4, -0.2) is 11.8 Å². The standard InChI is InChI=1S/C12H21NOS/c1-3-4-5-9-15-12(10(2)13)11-7-6-8-14-11/h6-8,10,12H,3-5,9,13H2,1-2H3. The van der Waals surface area contributed by atoms with E-state index >= 15 is 0 Å². The molecular weight excluding hydrogens is 206 g/mol. The molecule has 1 rings (SSSR count). The van der Waals surface area contributed by atoms with E-state index in [4.69, 9.17) is 10.2 Å². The summed E-state index contributed by atoms with van der Waals surface area (Å²) >= 11 is 1.91. The van der Waals surface area contributed by atoms with Gasteiger partial charge in [0.25, 0.3) is 0 Å². The Balaban J connectivity index is 2.39. The minimum atomic E-state index is 0.141. The summed E-state index contributed by atoms with van der Waals surface area (Å²) in [5.74, 6) is 2.17. The molecule has 0 fully saturated rings. The minimum Gasteiger partial charge on any atom is -0.468 e. The zero-order valence-electron chi connectivity index (χ0n) is 9.61. The molecule has 2 unspecified atom stereocenters. The molecule has 1 heterocycles. The smallest absolute Gasteiger partial charge is 0.118 e.